The number of carbonyl (C=O) groups is 2. The summed E-state index contributed by atoms with van der Waals surface area (Å²) in [7, 11) is 0. The number of nitrogens with one attached hydrogen (secondary N) is 2. The molecule has 0 aliphatic carbocycles. The van der Waals surface area contributed by atoms with Crippen molar-refractivity contribution in [3.63, 3.8) is 0 Å². The van der Waals surface area contributed by atoms with Gasteiger partial charge in [-0.25, -0.2) is 4.98 Å². The summed E-state index contributed by atoms with van der Waals surface area (Å²) in [5.74, 6) is -0.183. The van der Waals surface area contributed by atoms with E-state index in [2.05, 4.69) is 10.6 Å². The maximum Gasteiger partial charge on any atom is 0.256 e. The third kappa shape index (κ3) is 5.27. The molecule has 0 radical (unpaired) electrons. The normalized spacial score (nSPS) is 11.9. The van der Waals surface area contributed by atoms with Gasteiger partial charge in [0.05, 0.1) is 15.5 Å². The van der Waals surface area contributed by atoms with Gasteiger partial charge >= 0.3 is 0 Å². The molecule has 7 heteroatoms. The number of rotatable bonds is 7. The second-order valence-electron chi connectivity index (χ2n) is 8.51. The zero-order valence-corrected chi connectivity index (χ0v) is 21.6. The molecule has 5 nitrogen and oxygen atoms in total. The molecule has 1 aromatic heterocycles. The molecule has 2 N–H and O–H groups in total. The zero-order valence-electron chi connectivity index (χ0n) is 19.9. The fourth-order valence-electron chi connectivity index (χ4n) is 3.96. The molecule has 2 amide bonds. The van der Waals surface area contributed by atoms with Gasteiger partial charge in [-0.05, 0) is 60.5 Å². The molecule has 0 spiro atoms. The van der Waals surface area contributed by atoms with E-state index in [1.165, 1.54) is 23.1 Å². The summed E-state index contributed by atoms with van der Waals surface area (Å²) in [4.78, 5) is 30.6. The van der Waals surface area contributed by atoms with Gasteiger partial charge in [0.15, 0.2) is 4.34 Å². The Morgan fingerprint density at radius 1 is 0.917 bits per heavy atom. The second-order valence-corrected chi connectivity index (χ2v) is 11.0. The van der Waals surface area contributed by atoms with E-state index in [4.69, 9.17) is 4.98 Å². The average Bonchev–Trinajstić information content (AvgIpc) is 3.30. The van der Waals surface area contributed by atoms with Crippen molar-refractivity contribution in [1.29, 1.82) is 0 Å². The van der Waals surface area contributed by atoms with E-state index in [0.717, 1.165) is 36.6 Å². The van der Waals surface area contributed by atoms with Crippen LogP contribution in [0.2, 0.25) is 0 Å². The molecule has 5 rings (SSSR count). The summed E-state index contributed by atoms with van der Waals surface area (Å²) >= 11 is 3.00. The van der Waals surface area contributed by atoms with Gasteiger partial charge in [0.2, 0.25) is 5.91 Å². The van der Waals surface area contributed by atoms with Crippen LogP contribution >= 0.6 is 23.1 Å². The number of fused-ring (bicyclic) bond motifs is 2. The maximum atomic E-state index is 13.0. The summed E-state index contributed by atoms with van der Waals surface area (Å²) in [6, 6.07) is 27.1. The summed E-state index contributed by atoms with van der Waals surface area (Å²) in [5, 5.41) is 7.72. The van der Waals surface area contributed by atoms with Crippen molar-refractivity contribution in [2.45, 2.75) is 29.9 Å². The molecular weight excluding hydrogens is 486 g/mol. The Morgan fingerprint density at radius 2 is 1.67 bits per heavy atom. The molecule has 4 aromatic carbocycles. The minimum Gasteiger partial charge on any atom is -0.325 e. The topological polar surface area (TPSA) is 71.1 Å². The predicted molar refractivity (Wildman–Crippen MR) is 151 cm³/mol. The maximum absolute atomic E-state index is 13.0. The highest BCUT2D eigenvalue weighted by molar-refractivity contribution is 8.02. The van der Waals surface area contributed by atoms with Crippen LogP contribution in [0.15, 0.2) is 89.3 Å². The smallest absolute Gasteiger partial charge is 0.256 e. The van der Waals surface area contributed by atoms with Crippen LogP contribution < -0.4 is 10.6 Å². The first-order valence-electron chi connectivity index (χ1n) is 11.7. The van der Waals surface area contributed by atoms with Crippen LogP contribution in [-0.4, -0.2) is 22.0 Å². The van der Waals surface area contributed by atoms with Gasteiger partial charge in [0.1, 0.15) is 0 Å². The van der Waals surface area contributed by atoms with E-state index >= 15 is 0 Å². The van der Waals surface area contributed by atoms with Gasteiger partial charge in [-0.3, -0.25) is 9.59 Å². The van der Waals surface area contributed by atoms with Gasteiger partial charge in [0, 0.05) is 16.9 Å². The first-order chi connectivity index (χ1) is 17.5. The molecule has 0 aliphatic heterocycles. The monoisotopic (exact) mass is 511 g/mol. The van der Waals surface area contributed by atoms with Crippen molar-refractivity contribution < 1.29 is 9.59 Å². The highest BCUT2D eigenvalue weighted by atomic mass is 32.2. The number of thioether (sulfide) groups is 1. The Balaban J connectivity index is 1.30. The number of hydrogen-bond donors (Lipinski definition) is 2. The molecule has 0 saturated heterocycles. The van der Waals surface area contributed by atoms with Crippen LogP contribution in [0.4, 0.5) is 11.4 Å². The lowest BCUT2D eigenvalue weighted by Gasteiger charge is -2.13. The summed E-state index contributed by atoms with van der Waals surface area (Å²) in [6.45, 7) is 4.02. The third-order valence-corrected chi connectivity index (χ3v) is 8.36. The number of aromatic nitrogens is 1. The highest BCUT2D eigenvalue weighted by Gasteiger charge is 2.20. The van der Waals surface area contributed by atoms with Crippen LogP contribution in [0, 0.1) is 6.92 Å². The molecule has 36 heavy (non-hydrogen) atoms. The van der Waals surface area contributed by atoms with Gasteiger partial charge in [0.25, 0.3) is 5.91 Å². The van der Waals surface area contributed by atoms with Crippen LogP contribution in [0.25, 0.3) is 21.0 Å². The molecule has 0 aliphatic rings. The Hall–Kier alpha value is -3.68. The van der Waals surface area contributed by atoms with Crippen LogP contribution in [0.1, 0.15) is 29.3 Å². The fraction of sp³-hybridized carbons (Fsp3) is 0.138. The number of thiazole rings is 1. The predicted octanol–water partition coefficient (Wildman–Crippen LogP) is 7.52. The van der Waals surface area contributed by atoms with Gasteiger partial charge in [-0.1, -0.05) is 72.8 Å². The molecule has 1 atom stereocenters. The summed E-state index contributed by atoms with van der Waals surface area (Å²) < 4.78 is 1.79. The minimum absolute atomic E-state index is 0.0337. The Kier molecular flexibility index (Phi) is 7.02. The number of benzene rings is 4. The minimum atomic E-state index is -0.252. The van der Waals surface area contributed by atoms with Crippen molar-refractivity contribution in [3.05, 3.63) is 96.1 Å². The summed E-state index contributed by atoms with van der Waals surface area (Å²) in [5.41, 5.74) is 4.14. The number of carbonyl (C=O) groups excluding carboxylic acids is 2. The Morgan fingerprint density at radius 3 is 2.47 bits per heavy atom. The Labute approximate surface area is 218 Å². The molecule has 0 bridgehead atoms. The molecule has 5 aromatic rings. The fourth-order valence-corrected chi connectivity index (χ4v) is 6.23. The molecule has 1 heterocycles. The quantitative estimate of drug-likeness (QED) is 0.222. The van der Waals surface area contributed by atoms with Gasteiger partial charge in [-0.15, -0.1) is 11.3 Å². The second kappa shape index (κ2) is 10.5. The standard InChI is InChI=1S/C29H25N3O2S2/c1-3-25(28(34)30-20-13-11-18(2)12-14-20)35-29-32-24-16-15-21(17-26(24)36-29)31-27(33)23-10-6-8-19-7-4-5-9-22(19)23/h4-17,25H,3H2,1-2H3,(H,30,34)(H,31,33). The number of aryl methyl sites for hydroxylation is 1. The van der Waals surface area contributed by atoms with E-state index < -0.39 is 0 Å². The van der Waals surface area contributed by atoms with E-state index in [1.807, 2.05) is 98.8 Å². The van der Waals surface area contributed by atoms with E-state index in [-0.39, 0.29) is 17.1 Å². The highest BCUT2D eigenvalue weighted by Crippen LogP contribution is 2.35. The Bertz CT molecular complexity index is 1560. The van der Waals surface area contributed by atoms with Gasteiger partial charge < -0.3 is 10.6 Å². The number of anilines is 2. The van der Waals surface area contributed by atoms with E-state index in [0.29, 0.717) is 17.7 Å². The first-order valence-corrected chi connectivity index (χ1v) is 13.4. The number of nitrogens with zero attached hydrogens (tertiary/aromatic N) is 1. The molecule has 0 fully saturated rings. The van der Waals surface area contributed by atoms with Gasteiger partial charge in [-0.2, -0.15) is 0 Å². The van der Waals surface area contributed by atoms with Crippen LogP contribution in [0.5, 0.6) is 0 Å². The molecule has 180 valence electrons. The van der Waals surface area contributed by atoms with Crippen molar-refractivity contribution in [3.8, 4) is 0 Å². The molecular formula is C29H25N3O2S2. The van der Waals surface area contributed by atoms with Crippen molar-refractivity contribution in [2.75, 3.05) is 10.6 Å². The zero-order chi connectivity index (χ0) is 25.1. The lowest BCUT2D eigenvalue weighted by molar-refractivity contribution is -0.115. The SMILES string of the molecule is CCC(Sc1nc2ccc(NC(=O)c3cccc4ccccc34)cc2s1)C(=O)Nc1ccc(C)cc1. The van der Waals surface area contributed by atoms with Crippen LogP contribution in [0.3, 0.4) is 0 Å². The average molecular weight is 512 g/mol. The van der Waals surface area contributed by atoms with E-state index in [1.54, 1.807) is 0 Å². The lowest BCUT2D eigenvalue weighted by atomic mass is 10.0. The summed E-state index contributed by atoms with van der Waals surface area (Å²) in [6.07, 6.45) is 0.685. The third-order valence-electron chi connectivity index (χ3n) is 5.89. The largest absolute Gasteiger partial charge is 0.325 e. The van der Waals surface area contributed by atoms with Crippen molar-refractivity contribution in [2.24, 2.45) is 0 Å². The van der Waals surface area contributed by atoms with Crippen LogP contribution in [-0.2, 0) is 4.79 Å². The number of hydrogen-bond acceptors (Lipinski definition) is 5. The van der Waals surface area contributed by atoms with E-state index in [9.17, 15) is 9.59 Å². The van der Waals surface area contributed by atoms with Crippen molar-refractivity contribution in [1.82, 2.24) is 4.98 Å². The van der Waals surface area contributed by atoms with Crippen molar-refractivity contribution >= 4 is 67.3 Å². The lowest BCUT2D eigenvalue weighted by Crippen LogP contribution is -2.24. The molecule has 1 unspecified atom stereocenters. The molecule has 0 saturated carbocycles. The number of amides is 2. The first kappa shape index (κ1) is 24.0.